The van der Waals surface area contributed by atoms with Gasteiger partial charge in [0.1, 0.15) is 5.78 Å². The van der Waals surface area contributed by atoms with Gasteiger partial charge in [-0.2, -0.15) is 0 Å². The van der Waals surface area contributed by atoms with E-state index in [9.17, 15) is 4.79 Å². The van der Waals surface area contributed by atoms with Crippen LogP contribution in [0.2, 0.25) is 0 Å². The first-order valence-corrected chi connectivity index (χ1v) is 4.19. The lowest BCUT2D eigenvalue weighted by Gasteiger charge is -1.87. The molecule has 78 valence electrons. The molecule has 0 fully saturated rings. The number of ketones is 1. The molecule has 0 aromatic heterocycles. The molecule has 0 heterocycles. The summed E-state index contributed by atoms with van der Waals surface area (Å²) < 4.78 is 0. The molecule has 0 aliphatic rings. The molecule has 0 aliphatic carbocycles. The minimum Gasteiger partial charge on any atom is -0.330 e. The first-order chi connectivity index (χ1) is 6.22. The molecule has 0 saturated heterocycles. The van der Waals surface area contributed by atoms with Crippen molar-refractivity contribution in [2.75, 3.05) is 26.2 Å². The van der Waals surface area contributed by atoms with Gasteiger partial charge in [0.15, 0.2) is 0 Å². The Morgan fingerprint density at radius 2 is 1.46 bits per heavy atom. The van der Waals surface area contributed by atoms with E-state index >= 15 is 0 Å². The molecule has 0 rings (SSSR count). The SMILES string of the molecule is NC/C=C/CN.NCCC(=O)CN. The van der Waals surface area contributed by atoms with E-state index in [1.54, 1.807) is 0 Å². The third kappa shape index (κ3) is 18.3. The summed E-state index contributed by atoms with van der Waals surface area (Å²) in [6.45, 7) is 1.72. The van der Waals surface area contributed by atoms with E-state index < -0.39 is 0 Å². The molecule has 5 heteroatoms. The second-order valence-electron chi connectivity index (χ2n) is 2.22. The Kier molecular flexibility index (Phi) is 15.7. The Labute approximate surface area is 79.1 Å². The first kappa shape index (κ1) is 14.8. The quantitative estimate of drug-likeness (QED) is 0.384. The average Bonchev–Trinajstić information content (AvgIpc) is 2.16. The van der Waals surface area contributed by atoms with E-state index in [0.29, 0.717) is 26.1 Å². The van der Waals surface area contributed by atoms with E-state index in [0.717, 1.165) is 0 Å². The number of carbonyl (C=O) groups is 1. The van der Waals surface area contributed by atoms with Gasteiger partial charge >= 0.3 is 0 Å². The van der Waals surface area contributed by atoms with E-state index in [4.69, 9.17) is 22.9 Å². The van der Waals surface area contributed by atoms with E-state index in [1.807, 2.05) is 12.2 Å². The van der Waals surface area contributed by atoms with Gasteiger partial charge in [0.05, 0.1) is 6.54 Å². The Bertz CT molecular complexity index is 130. The lowest BCUT2D eigenvalue weighted by molar-refractivity contribution is -0.117. The number of carbonyl (C=O) groups excluding carboxylic acids is 1. The molecule has 0 amide bonds. The van der Waals surface area contributed by atoms with Gasteiger partial charge in [0.2, 0.25) is 0 Å². The van der Waals surface area contributed by atoms with Crippen molar-refractivity contribution in [1.82, 2.24) is 0 Å². The molecule has 0 saturated carbocycles. The molecule has 0 aromatic carbocycles. The second kappa shape index (κ2) is 13.8. The molecule has 0 spiro atoms. The number of hydrogen-bond acceptors (Lipinski definition) is 5. The summed E-state index contributed by atoms with van der Waals surface area (Å²) in [4.78, 5) is 10.2. The van der Waals surface area contributed by atoms with Crippen molar-refractivity contribution < 1.29 is 4.79 Å². The highest BCUT2D eigenvalue weighted by Gasteiger charge is 1.91. The van der Waals surface area contributed by atoms with Crippen LogP contribution >= 0.6 is 0 Å². The molecule has 0 atom stereocenters. The predicted octanol–water partition coefficient (Wildman–Crippen LogP) is -1.68. The summed E-state index contributed by atoms with van der Waals surface area (Å²) in [7, 11) is 0. The summed E-state index contributed by atoms with van der Waals surface area (Å²) in [5.41, 5.74) is 20.1. The summed E-state index contributed by atoms with van der Waals surface area (Å²) in [6.07, 6.45) is 4.08. The Morgan fingerprint density at radius 1 is 1.00 bits per heavy atom. The molecule has 0 bridgehead atoms. The standard InChI is InChI=1S/C4H10N2O.C4H10N2/c5-2-1-4(7)3-6;5-3-1-2-4-6/h1-3,5-6H2;1-2H,3-6H2/b;2-1+. The third-order valence-electron chi connectivity index (χ3n) is 1.09. The fraction of sp³-hybridized carbons (Fsp3) is 0.625. The molecule has 13 heavy (non-hydrogen) atoms. The molecule has 0 radical (unpaired) electrons. The highest BCUT2D eigenvalue weighted by Crippen LogP contribution is 1.72. The van der Waals surface area contributed by atoms with Gasteiger partial charge in [-0.05, 0) is 6.54 Å². The first-order valence-electron chi connectivity index (χ1n) is 4.19. The van der Waals surface area contributed by atoms with Crippen molar-refractivity contribution in [2.45, 2.75) is 6.42 Å². The van der Waals surface area contributed by atoms with E-state index in [2.05, 4.69) is 0 Å². The molecule has 0 unspecified atom stereocenters. The zero-order chi connectivity index (χ0) is 10.5. The van der Waals surface area contributed by atoms with Gasteiger partial charge in [0.25, 0.3) is 0 Å². The highest BCUT2D eigenvalue weighted by atomic mass is 16.1. The Hall–Kier alpha value is -0.750. The molecule has 5 nitrogen and oxygen atoms in total. The fourth-order valence-electron chi connectivity index (χ4n) is 0.455. The Balaban J connectivity index is 0. The van der Waals surface area contributed by atoms with Crippen LogP contribution in [0.3, 0.4) is 0 Å². The van der Waals surface area contributed by atoms with Crippen LogP contribution in [-0.2, 0) is 4.79 Å². The average molecular weight is 188 g/mol. The number of nitrogens with two attached hydrogens (primary N) is 4. The van der Waals surface area contributed by atoms with Crippen molar-refractivity contribution in [2.24, 2.45) is 22.9 Å². The summed E-state index contributed by atoms with van der Waals surface area (Å²) in [5.74, 6) is 0.0301. The predicted molar refractivity (Wildman–Crippen MR) is 55.0 cm³/mol. The van der Waals surface area contributed by atoms with Crippen LogP contribution in [0.25, 0.3) is 0 Å². The van der Waals surface area contributed by atoms with E-state index in [1.165, 1.54) is 0 Å². The third-order valence-corrected chi connectivity index (χ3v) is 1.09. The largest absolute Gasteiger partial charge is 0.330 e. The lowest BCUT2D eigenvalue weighted by atomic mass is 10.3. The maximum Gasteiger partial charge on any atom is 0.147 e. The fourth-order valence-corrected chi connectivity index (χ4v) is 0.455. The van der Waals surface area contributed by atoms with Crippen LogP contribution in [0, 0.1) is 0 Å². The van der Waals surface area contributed by atoms with Crippen LogP contribution in [-0.4, -0.2) is 32.0 Å². The van der Waals surface area contributed by atoms with Crippen molar-refractivity contribution >= 4 is 5.78 Å². The van der Waals surface area contributed by atoms with Gasteiger partial charge < -0.3 is 22.9 Å². The minimum absolute atomic E-state index is 0.0301. The normalized spacial score (nSPS) is 9.54. The topological polar surface area (TPSA) is 121 Å². The lowest BCUT2D eigenvalue weighted by Crippen LogP contribution is -2.16. The van der Waals surface area contributed by atoms with Crippen LogP contribution in [0.15, 0.2) is 12.2 Å². The molecular weight excluding hydrogens is 168 g/mol. The maximum atomic E-state index is 10.2. The van der Waals surface area contributed by atoms with Crippen LogP contribution < -0.4 is 22.9 Å². The monoisotopic (exact) mass is 188 g/mol. The van der Waals surface area contributed by atoms with Crippen molar-refractivity contribution in [1.29, 1.82) is 0 Å². The molecule has 0 aromatic rings. The van der Waals surface area contributed by atoms with Gasteiger partial charge in [0, 0.05) is 19.5 Å². The smallest absolute Gasteiger partial charge is 0.147 e. The summed E-state index contributed by atoms with van der Waals surface area (Å²) >= 11 is 0. The van der Waals surface area contributed by atoms with E-state index in [-0.39, 0.29) is 12.3 Å². The van der Waals surface area contributed by atoms with Gasteiger partial charge in [-0.15, -0.1) is 0 Å². The minimum atomic E-state index is 0.0301. The second-order valence-corrected chi connectivity index (χ2v) is 2.22. The zero-order valence-electron chi connectivity index (χ0n) is 7.91. The summed E-state index contributed by atoms with van der Waals surface area (Å²) in [5, 5.41) is 0. The number of rotatable bonds is 5. The molecular formula is C8H20N4O. The van der Waals surface area contributed by atoms with Gasteiger partial charge in [-0.3, -0.25) is 4.79 Å². The maximum absolute atomic E-state index is 10.2. The highest BCUT2D eigenvalue weighted by molar-refractivity contribution is 5.80. The van der Waals surface area contributed by atoms with Crippen LogP contribution in [0.5, 0.6) is 0 Å². The van der Waals surface area contributed by atoms with Crippen molar-refractivity contribution in [3.8, 4) is 0 Å². The molecule has 8 N–H and O–H groups in total. The Morgan fingerprint density at radius 3 is 1.62 bits per heavy atom. The number of hydrogen-bond donors (Lipinski definition) is 4. The summed E-state index contributed by atoms with van der Waals surface area (Å²) in [6, 6.07) is 0. The van der Waals surface area contributed by atoms with Gasteiger partial charge in [-0.25, -0.2) is 0 Å². The van der Waals surface area contributed by atoms with Gasteiger partial charge in [-0.1, -0.05) is 12.2 Å². The van der Waals surface area contributed by atoms with Crippen molar-refractivity contribution in [3.05, 3.63) is 12.2 Å². The number of Topliss-reactive ketones (excluding diaryl/α,β-unsaturated/α-hetero) is 1. The molecule has 0 aliphatic heterocycles. The van der Waals surface area contributed by atoms with Crippen LogP contribution in [0.1, 0.15) is 6.42 Å². The zero-order valence-corrected chi connectivity index (χ0v) is 7.91. The van der Waals surface area contributed by atoms with Crippen molar-refractivity contribution in [3.63, 3.8) is 0 Å². The van der Waals surface area contributed by atoms with Crippen LogP contribution in [0.4, 0.5) is 0 Å².